The van der Waals surface area contributed by atoms with Crippen molar-refractivity contribution in [1.29, 1.82) is 0 Å². The average Bonchev–Trinajstić information content (AvgIpc) is 2.29. The zero-order valence-corrected chi connectivity index (χ0v) is 9.97. The van der Waals surface area contributed by atoms with Gasteiger partial charge in [-0.15, -0.1) is 0 Å². The second kappa shape index (κ2) is 5.07. The van der Waals surface area contributed by atoms with E-state index < -0.39 is 11.5 Å². The Hall–Kier alpha value is -1.42. The Morgan fingerprint density at radius 3 is 2.69 bits per heavy atom. The highest BCUT2D eigenvalue weighted by Crippen LogP contribution is 2.25. The van der Waals surface area contributed by atoms with Crippen molar-refractivity contribution in [1.82, 2.24) is 9.88 Å². The maximum Gasteiger partial charge on any atom is 0.330 e. The summed E-state index contributed by atoms with van der Waals surface area (Å²) in [4.78, 5) is 17.4. The van der Waals surface area contributed by atoms with E-state index >= 15 is 0 Å². The third-order valence-corrected chi connectivity index (χ3v) is 2.90. The molecule has 16 heavy (non-hydrogen) atoms. The molecule has 4 nitrogen and oxygen atoms in total. The molecule has 1 heterocycles. The Balaban J connectivity index is 3.12. The van der Waals surface area contributed by atoms with Gasteiger partial charge in [0.05, 0.1) is 5.69 Å². The van der Waals surface area contributed by atoms with Crippen LogP contribution in [0.15, 0.2) is 24.4 Å². The Kier molecular flexibility index (Phi) is 4.01. The van der Waals surface area contributed by atoms with Gasteiger partial charge in [0.25, 0.3) is 0 Å². The third kappa shape index (κ3) is 2.22. The van der Waals surface area contributed by atoms with Crippen LogP contribution >= 0.6 is 0 Å². The molecule has 0 aliphatic carbocycles. The van der Waals surface area contributed by atoms with Gasteiger partial charge in [-0.3, -0.25) is 9.88 Å². The van der Waals surface area contributed by atoms with E-state index in [0.29, 0.717) is 5.69 Å². The van der Waals surface area contributed by atoms with Crippen LogP contribution in [0.2, 0.25) is 0 Å². The number of likely N-dealkylation sites (N-methyl/N-ethyl adjacent to an activating group) is 1. The van der Waals surface area contributed by atoms with Gasteiger partial charge in [0.15, 0.2) is 5.54 Å². The predicted octanol–water partition coefficient (Wildman–Crippen LogP) is 1.72. The highest BCUT2D eigenvalue weighted by atomic mass is 16.4. The minimum absolute atomic E-state index is 0.568. The molecule has 0 radical (unpaired) electrons. The first-order valence-corrected chi connectivity index (χ1v) is 5.39. The summed E-state index contributed by atoms with van der Waals surface area (Å²) in [5, 5.41) is 9.40. The Labute approximate surface area is 95.9 Å². The highest BCUT2D eigenvalue weighted by molar-refractivity contribution is 5.79. The van der Waals surface area contributed by atoms with Gasteiger partial charge in [0, 0.05) is 6.20 Å². The number of rotatable bonds is 5. The molecule has 0 aliphatic rings. The van der Waals surface area contributed by atoms with Gasteiger partial charge in [0.1, 0.15) is 0 Å². The lowest BCUT2D eigenvalue weighted by Crippen LogP contribution is -2.48. The number of carboxylic acid groups (broad SMARTS) is 1. The van der Waals surface area contributed by atoms with Crippen LogP contribution in [0.5, 0.6) is 0 Å². The fourth-order valence-corrected chi connectivity index (χ4v) is 1.68. The van der Waals surface area contributed by atoms with Crippen molar-refractivity contribution < 1.29 is 9.90 Å². The van der Waals surface area contributed by atoms with Gasteiger partial charge < -0.3 is 5.11 Å². The Morgan fingerprint density at radius 1 is 1.56 bits per heavy atom. The van der Waals surface area contributed by atoms with Crippen molar-refractivity contribution in [3.63, 3.8) is 0 Å². The number of aliphatic carboxylic acids is 1. The predicted molar refractivity (Wildman–Crippen MR) is 62.1 cm³/mol. The maximum absolute atomic E-state index is 11.5. The summed E-state index contributed by atoms with van der Waals surface area (Å²) in [6.07, 6.45) is 2.53. The van der Waals surface area contributed by atoms with Crippen molar-refractivity contribution in [2.45, 2.75) is 25.8 Å². The van der Waals surface area contributed by atoms with Crippen molar-refractivity contribution in [3.8, 4) is 0 Å². The second-order valence-electron chi connectivity index (χ2n) is 4.01. The number of carboxylic acids is 1. The van der Waals surface area contributed by atoms with Crippen LogP contribution in [0, 0.1) is 0 Å². The van der Waals surface area contributed by atoms with Crippen LogP contribution in [0.1, 0.15) is 26.0 Å². The topological polar surface area (TPSA) is 53.4 Å². The molecular formula is C12H18N2O2. The molecule has 0 aliphatic heterocycles. The van der Waals surface area contributed by atoms with E-state index in [2.05, 4.69) is 4.98 Å². The number of pyridine rings is 1. The van der Waals surface area contributed by atoms with Gasteiger partial charge in [-0.25, -0.2) is 4.79 Å². The zero-order valence-electron chi connectivity index (χ0n) is 9.97. The van der Waals surface area contributed by atoms with Crippen LogP contribution in [0.25, 0.3) is 0 Å². The lowest BCUT2D eigenvalue weighted by Gasteiger charge is -2.34. The van der Waals surface area contributed by atoms with Crippen LogP contribution in [0.4, 0.5) is 0 Å². The molecule has 0 bridgehead atoms. The number of aromatic nitrogens is 1. The largest absolute Gasteiger partial charge is 0.480 e. The van der Waals surface area contributed by atoms with Crippen LogP contribution in [0.3, 0.4) is 0 Å². The molecule has 0 spiro atoms. The third-order valence-electron chi connectivity index (χ3n) is 2.90. The number of hydrogen-bond donors (Lipinski definition) is 1. The Bertz CT molecular complexity index is 353. The molecule has 1 rings (SSSR count). The molecule has 0 amide bonds. The Morgan fingerprint density at radius 2 is 2.25 bits per heavy atom. The molecule has 1 unspecified atom stereocenters. The van der Waals surface area contributed by atoms with Crippen molar-refractivity contribution >= 4 is 5.97 Å². The quantitative estimate of drug-likeness (QED) is 0.824. The molecule has 0 fully saturated rings. The van der Waals surface area contributed by atoms with Crippen LogP contribution in [-0.2, 0) is 10.3 Å². The number of nitrogens with zero attached hydrogens (tertiary/aromatic N) is 2. The van der Waals surface area contributed by atoms with E-state index in [4.69, 9.17) is 0 Å². The van der Waals surface area contributed by atoms with Crippen LogP contribution < -0.4 is 0 Å². The smallest absolute Gasteiger partial charge is 0.330 e. The van der Waals surface area contributed by atoms with Gasteiger partial charge in [-0.1, -0.05) is 13.0 Å². The summed E-state index contributed by atoms with van der Waals surface area (Å²) in [5.74, 6) is -0.873. The zero-order chi connectivity index (χ0) is 12.2. The van der Waals surface area contributed by atoms with Crippen LogP contribution in [-0.4, -0.2) is 34.6 Å². The highest BCUT2D eigenvalue weighted by Gasteiger charge is 2.40. The first-order chi connectivity index (χ1) is 7.53. The van der Waals surface area contributed by atoms with Crippen molar-refractivity contribution in [3.05, 3.63) is 30.1 Å². The summed E-state index contributed by atoms with van der Waals surface area (Å²) in [6, 6.07) is 5.34. The second-order valence-corrected chi connectivity index (χ2v) is 4.01. The fourth-order valence-electron chi connectivity index (χ4n) is 1.68. The summed E-state index contributed by atoms with van der Waals surface area (Å²) < 4.78 is 0. The number of carbonyl (C=O) groups is 1. The lowest BCUT2D eigenvalue weighted by atomic mass is 9.95. The molecule has 0 saturated heterocycles. The summed E-state index contributed by atoms with van der Waals surface area (Å²) in [6.45, 7) is 4.43. The molecule has 4 heteroatoms. The number of hydrogen-bond acceptors (Lipinski definition) is 3. The molecule has 1 N–H and O–H groups in total. The van der Waals surface area contributed by atoms with E-state index in [1.54, 1.807) is 25.3 Å². The molecule has 1 aromatic heterocycles. The van der Waals surface area contributed by atoms with Crippen molar-refractivity contribution in [2.75, 3.05) is 13.6 Å². The molecule has 0 saturated carbocycles. The maximum atomic E-state index is 11.5. The van der Waals surface area contributed by atoms with E-state index in [0.717, 1.165) is 13.0 Å². The summed E-state index contributed by atoms with van der Waals surface area (Å²) >= 11 is 0. The first-order valence-electron chi connectivity index (χ1n) is 5.39. The standard InChI is InChI=1S/C12H18N2O2/c1-4-9-14(3)12(2,11(15)16)10-7-5-6-8-13-10/h5-8H,4,9H2,1-3H3,(H,15,16). The lowest BCUT2D eigenvalue weighted by molar-refractivity contribution is -0.150. The minimum Gasteiger partial charge on any atom is -0.480 e. The molecule has 1 aromatic rings. The van der Waals surface area contributed by atoms with Gasteiger partial charge in [-0.05, 0) is 39.1 Å². The molecule has 1 atom stereocenters. The SMILES string of the molecule is CCCN(C)C(C)(C(=O)O)c1ccccn1. The normalized spacial score (nSPS) is 14.8. The van der Waals surface area contributed by atoms with E-state index in [9.17, 15) is 9.90 Å². The van der Waals surface area contributed by atoms with Gasteiger partial charge in [0.2, 0.25) is 0 Å². The monoisotopic (exact) mass is 222 g/mol. The van der Waals surface area contributed by atoms with Gasteiger partial charge in [-0.2, -0.15) is 0 Å². The fraction of sp³-hybridized carbons (Fsp3) is 0.500. The molecule has 0 aromatic carbocycles. The van der Waals surface area contributed by atoms with E-state index in [-0.39, 0.29) is 0 Å². The van der Waals surface area contributed by atoms with E-state index in [1.807, 2.05) is 24.9 Å². The average molecular weight is 222 g/mol. The first kappa shape index (κ1) is 12.6. The molecule has 88 valence electrons. The summed E-state index contributed by atoms with van der Waals surface area (Å²) in [7, 11) is 1.81. The molecular weight excluding hydrogens is 204 g/mol. The summed E-state index contributed by atoms with van der Waals surface area (Å²) in [5.41, 5.74) is -0.490. The van der Waals surface area contributed by atoms with Crippen molar-refractivity contribution in [2.24, 2.45) is 0 Å². The van der Waals surface area contributed by atoms with E-state index in [1.165, 1.54) is 0 Å². The minimum atomic E-state index is -1.06. The van der Waals surface area contributed by atoms with Gasteiger partial charge >= 0.3 is 5.97 Å².